The maximum absolute atomic E-state index is 6.17. The van der Waals surface area contributed by atoms with Crippen LogP contribution in [-0.2, 0) is 5.75 Å². The van der Waals surface area contributed by atoms with E-state index < -0.39 is 0 Å². The third kappa shape index (κ3) is 3.37. The van der Waals surface area contributed by atoms with Gasteiger partial charge in [0, 0.05) is 17.7 Å². The highest BCUT2D eigenvalue weighted by atomic mass is 35.5. The van der Waals surface area contributed by atoms with Gasteiger partial charge < -0.3 is 4.57 Å². The van der Waals surface area contributed by atoms with E-state index in [0.29, 0.717) is 22.3 Å². The molecule has 0 unspecified atom stereocenters. The summed E-state index contributed by atoms with van der Waals surface area (Å²) in [6, 6.07) is 4.31. The van der Waals surface area contributed by atoms with Gasteiger partial charge in [-0.05, 0) is 37.3 Å². The number of rotatable bonds is 5. The smallest absolute Gasteiger partial charge is 0.191 e. The van der Waals surface area contributed by atoms with Crippen molar-refractivity contribution in [3.63, 3.8) is 0 Å². The van der Waals surface area contributed by atoms with E-state index >= 15 is 0 Å². The van der Waals surface area contributed by atoms with Gasteiger partial charge in [0.25, 0.3) is 0 Å². The number of hydrogen-bond donors (Lipinski definition) is 0. The van der Waals surface area contributed by atoms with Gasteiger partial charge in [0.05, 0.1) is 0 Å². The largest absolute Gasteiger partial charge is 0.303 e. The second-order valence-electron chi connectivity index (χ2n) is 6.30. The van der Waals surface area contributed by atoms with Crippen molar-refractivity contribution in [1.82, 2.24) is 19.7 Å². The van der Waals surface area contributed by atoms with Gasteiger partial charge in [-0.2, -0.15) is 0 Å². The lowest BCUT2D eigenvalue weighted by Crippen LogP contribution is -2.06. The highest BCUT2D eigenvalue weighted by molar-refractivity contribution is 7.98. The summed E-state index contributed by atoms with van der Waals surface area (Å²) in [6.45, 7) is 0. The molecule has 0 spiro atoms. The summed E-state index contributed by atoms with van der Waals surface area (Å²) in [7, 11) is 0. The molecule has 2 saturated carbocycles. The number of pyridine rings is 1. The molecule has 0 saturated heterocycles. The normalized spacial score (nSPS) is 18.7. The monoisotopic (exact) mass is 368 g/mol. The molecule has 0 atom stereocenters. The zero-order valence-electron chi connectivity index (χ0n) is 12.7. The fourth-order valence-electron chi connectivity index (χ4n) is 3.22. The maximum atomic E-state index is 6.17. The molecule has 2 aromatic heterocycles. The van der Waals surface area contributed by atoms with Crippen molar-refractivity contribution in [1.29, 1.82) is 0 Å². The van der Waals surface area contributed by atoms with E-state index in [9.17, 15) is 0 Å². The van der Waals surface area contributed by atoms with Crippen molar-refractivity contribution < 1.29 is 0 Å². The van der Waals surface area contributed by atoms with Crippen LogP contribution in [0, 0.1) is 0 Å². The van der Waals surface area contributed by atoms with Gasteiger partial charge in [-0.15, -0.1) is 10.2 Å². The molecule has 0 radical (unpaired) electrons. The summed E-state index contributed by atoms with van der Waals surface area (Å²) in [6.07, 6.45) is 7.63. The SMILES string of the molecule is Clc1ccc(CSc2nnc(C3CCCC3)n2C2CC2)c(Cl)n1. The molecular formula is C16H18Cl2N4S. The molecule has 2 fully saturated rings. The van der Waals surface area contributed by atoms with Crippen LogP contribution in [0.3, 0.4) is 0 Å². The highest BCUT2D eigenvalue weighted by Gasteiger charge is 2.33. The molecule has 0 aliphatic heterocycles. The zero-order chi connectivity index (χ0) is 15.8. The molecular weight excluding hydrogens is 351 g/mol. The minimum Gasteiger partial charge on any atom is -0.303 e. The van der Waals surface area contributed by atoms with E-state index in [4.69, 9.17) is 23.2 Å². The third-order valence-corrected chi connectivity index (χ3v) is 6.10. The van der Waals surface area contributed by atoms with Crippen LogP contribution in [0.1, 0.15) is 61.9 Å². The number of aromatic nitrogens is 4. The lowest BCUT2D eigenvalue weighted by molar-refractivity contribution is 0.566. The van der Waals surface area contributed by atoms with E-state index in [-0.39, 0.29) is 0 Å². The number of hydrogen-bond acceptors (Lipinski definition) is 4. The first-order valence-electron chi connectivity index (χ1n) is 8.11. The average Bonchev–Trinajstić information content (AvgIpc) is 3.07. The Morgan fingerprint density at radius 1 is 1.09 bits per heavy atom. The molecule has 2 heterocycles. The second-order valence-corrected chi connectivity index (χ2v) is 7.98. The zero-order valence-corrected chi connectivity index (χ0v) is 15.0. The van der Waals surface area contributed by atoms with Gasteiger partial charge >= 0.3 is 0 Å². The van der Waals surface area contributed by atoms with Crippen LogP contribution >= 0.6 is 35.0 Å². The van der Waals surface area contributed by atoms with Crippen molar-refractivity contribution >= 4 is 35.0 Å². The van der Waals surface area contributed by atoms with Crippen LogP contribution < -0.4 is 0 Å². The molecule has 2 aliphatic rings. The Morgan fingerprint density at radius 3 is 2.57 bits per heavy atom. The van der Waals surface area contributed by atoms with Crippen LogP contribution in [0.15, 0.2) is 17.3 Å². The molecule has 0 N–H and O–H groups in total. The summed E-state index contributed by atoms with van der Waals surface area (Å²) in [4.78, 5) is 4.10. The minimum atomic E-state index is 0.424. The van der Waals surface area contributed by atoms with Crippen LogP contribution in [0.25, 0.3) is 0 Å². The summed E-state index contributed by atoms with van der Waals surface area (Å²) in [5.41, 5.74) is 0.980. The Morgan fingerprint density at radius 2 is 1.87 bits per heavy atom. The fourth-order valence-corrected chi connectivity index (χ4v) is 4.70. The van der Waals surface area contributed by atoms with Crippen molar-refractivity contribution in [3.8, 4) is 0 Å². The van der Waals surface area contributed by atoms with Gasteiger partial charge in [0.1, 0.15) is 16.1 Å². The molecule has 4 rings (SSSR count). The van der Waals surface area contributed by atoms with E-state index in [0.717, 1.165) is 16.5 Å². The predicted molar refractivity (Wildman–Crippen MR) is 93.3 cm³/mol. The molecule has 122 valence electrons. The molecule has 0 amide bonds. The molecule has 2 aliphatic carbocycles. The molecule has 7 heteroatoms. The van der Waals surface area contributed by atoms with Crippen LogP contribution in [0.5, 0.6) is 0 Å². The van der Waals surface area contributed by atoms with Crippen LogP contribution in [0.4, 0.5) is 0 Å². The standard InChI is InChI=1S/C16H18Cl2N4S/c17-13-8-5-11(14(18)19-13)9-23-16-21-20-15(10-3-1-2-4-10)22(16)12-6-7-12/h5,8,10,12H,1-4,6-7,9H2. The van der Waals surface area contributed by atoms with E-state index in [1.807, 2.05) is 6.07 Å². The fraction of sp³-hybridized carbons (Fsp3) is 0.562. The van der Waals surface area contributed by atoms with E-state index in [2.05, 4.69) is 19.7 Å². The first-order valence-corrected chi connectivity index (χ1v) is 9.85. The summed E-state index contributed by atoms with van der Waals surface area (Å²) >= 11 is 13.7. The van der Waals surface area contributed by atoms with Gasteiger partial charge in [0.2, 0.25) is 0 Å². The minimum absolute atomic E-state index is 0.424. The molecule has 0 aromatic carbocycles. The highest BCUT2D eigenvalue weighted by Crippen LogP contribution is 2.43. The topological polar surface area (TPSA) is 43.6 Å². The van der Waals surface area contributed by atoms with Crippen molar-refractivity contribution in [2.45, 2.75) is 61.4 Å². The molecule has 0 bridgehead atoms. The lowest BCUT2D eigenvalue weighted by atomic mass is 10.1. The average molecular weight is 369 g/mol. The predicted octanol–water partition coefficient (Wildman–Crippen LogP) is 5.26. The number of thioether (sulfide) groups is 1. The molecule has 23 heavy (non-hydrogen) atoms. The maximum Gasteiger partial charge on any atom is 0.191 e. The third-order valence-electron chi connectivity index (χ3n) is 4.57. The quantitative estimate of drug-likeness (QED) is 0.532. The van der Waals surface area contributed by atoms with Gasteiger partial charge in [-0.1, -0.05) is 53.9 Å². The van der Waals surface area contributed by atoms with Crippen molar-refractivity contribution in [3.05, 3.63) is 33.8 Å². The summed E-state index contributed by atoms with van der Waals surface area (Å²) in [5.74, 6) is 2.53. The van der Waals surface area contributed by atoms with E-state index in [1.165, 1.54) is 44.3 Å². The van der Waals surface area contributed by atoms with Crippen LogP contribution in [-0.4, -0.2) is 19.7 Å². The Kier molecular flexibility index (Phi) is 4.52. The van der Waals surface area contributed by atoms with Gasteiger partial charge in [0.15, 0.2) is 5.16 Å². The van der Waals surface area contributed by atoms with Crippen LogP contribution in [0.2, 0.25) is 10.3 Å². The van der Waals surface area contributed by atoms with Gasteiger partial charge in [-0.25, -0.2) is 4.98 Å². The molecule has 4 nitrogen and oxygen atoms in total. The Labute approximate surface area is 150 Å². The Bertz CT molecular complexity index is 708. The molecule has 2 aromatic rings. The number of nitrogens with zero attached hydrogens (tertiary/aromatic N) is 4. The summed E-state index contributed by atoms with van der Waals surface area (Å²) < 4.78 is 2.39. The summed E-state index contributed by atoms with van der Waals surface area (Å²) in [5, 5.41) is 10.9. The van der Waals surface area contributed by atoms with Crippen molar-refractivity contribution in [2.24, 2.45) is 0 Å². The first-order chi connectivity index (χ1) is 11.2. The number of halogens is 2. The van der Waals surface area contributed by atoms with Gasteiger partial charge in [-0.3, -0.25) is 0 Å². The first kappa shape index (κ1) is 15.7. The Balaban J connectivity index is 1.54. The second kappa shape index (κ2) is 6.61. The lowest BCUT2D eigenvalue weighted by Gasteiger charge is -2.13. The van der Waals surface area contributed by atoms with Crippen molar-refractivity contribution in [2.75, 3.05) is 0 Å². The van der Waals surface area contributed by atoms with E-state index in [1.54, 1.807) is 17.8 Å². The Hall–Kier alpha value is -0.780.